The van der Waals surface area contributed by atoms with Gasteiger partial charge in [-0.25, -0.2) is 14.8 Å². The molecule has 2 N–H and O–H groups in total. The molecule has 0 unspecified atom stereocenters. The summed E-state index contributed by atoms with van der Waals surface area (Å²) in [5.74, 6) is -0.418. The fourth-order valence-electron chi connectivity index (χ4n) is 1.15. The van der Waals surface area contributed by atoms with Gasteiger partial charge in [0.25, 0.3) is 0 Å². The summed E-state index contributed by atoms with van der Waals surface area (Å²) in [6, 6.07) is 1.79. The molecule has 5 nitrogen and oxygen atoms in total. The number of hydrogen-bond acceptors (Lipinski definition) is 6. The minimum atomic E-state index is -0.532. The van der Waals surface area contributed by atoms with Crippen LogP contribution in [0.5, 0.6) is 0 Å². The van der Waals surface area contributed by atoms with Gasteiger partial charge in [-0.05, 0) is 18.4 Å². The van der Waals surface area contributed by atoms with Gasteiger partial charge in [0.15, 0.2) is 11.5 Å². The lowest BCUT2D eigenvalue weighted by molar-refractivity contribution is 0.0521. The molecule has 2 aromatic heterocycles. The Morgan fingerprint density at radius 1 is 1.60 bits per heavy atom. The Morgan fingerprint density at radius 3 is 3.13 bits per heavy atom. The molecular formula is C9H9N3O2S. The van der Waals surface area contributed by atoms with E-state index in [0.29, 0.717) is 12.1 Å². The average Bonchev–Trinajstić information content (AvgIpc) is 2.63. The highest BCUT2D eigenvalue weighted by Crippen LogP contribution is 2.19. The van der Waals surface area contributed by atoms with Crippen LogP contribution in [0, 0.1) is 0 Å². The summed E-state index contributed by atoms with van der Waals surface area (Å²) in [4.78, 5) is 20.3. The summed E-state index contributed by atoms with van der Waals surface area (Å²) >= 11 is 1.43. The molecular weight excluding hydrogens is 214 g/mol. The molecule has 0 atom stereocenters. The van der Waals surface area contributed by atoms with Crippen LogP contribution in [0.1, 0.15) is 17.4 Å². The maximum absolute atomic E-state index is 11.4. The van der Waals surface area contributed by atoms with Crippen LogP contribution < -0.4 is 5.73 Å². The van der Waals surface area contributed by atoms with E-state index in [9.17, 15) is 4.79 Å². The fraction of sp³-hybridized carbons (Fsp3) is 0.222. The van der Waals surface area contributed by atoms with Crippen molar-refractivity contribution in [1.82, 2.24) is 9.97 Å². The minimum absolute atomic E-state index is 0.0859. The average molecular weight is 223 g/mol. The lowest BCUT2D eigenvalue weighted by atomic mass is 10.4. The first-order chi connectivity index (χ1) is 7.22. The number of hydrogen-bond donors (Lipinski definition) is 1. The molecule has 78 valence electrons. The van der Waals surface area contributed by atoms with Crippen LogP contribution in [0.3, 0.4) is 0 Å². The summed E-state index contributed by atoms with van der Waals surface area (Å²) in [5.41, 5.74) is 6.36. The van der Waals surface area contributed by atoms with Gasteiger partial charge in [0.1, 0.15) is 10.3 Å². The highest BCUT2D eigenvalue weighted by molar-refractivity contribution is 7.16. The number of thiophene rings is 1. The zero-order valence-corrected chi connectivity index (χ0v) is 8.87. The molecule has 2 aromatic rings. The van der Waals surface area contributed by atoms with Crippen LogP contribution in [0.4, 0.5) is 5.82 Å². The topological polar surface area (TPSA) is 78.1 Å². The number of esters is 1. The number of ether oxygens (including phenoxy) is 1. The number of fused-ring (bicyclic) bond motifs is 1. The number of rotatable bonds is 2. The number of anilines is 1. The number of nitrogens with zero attached hydrogens (tertiary/aromatic N) is 2. The van der Waals surface area contributed by atoms with Crippen LogP contribution in [-0.4, -0.2) is 22.5 Å². The van der Waals surface area contributed by atoms with E-state index < -0.39 is 5.97 Å². The van der Waals surface area contributed by atoms with Gasteiger partial charge in [-0.2, -0.15) is 0 Å². The van der Waals surface area contributed by atoms with E-state index in [1.54, 1.807) is 13.0 Å². The first-order valence-corrected chi connectivity index (χ1v) is 5.28. The number of carbonyl (C=O) groups excluding carboxylic acids is 1. The summed E-state index contributed by atoms with van der Waals surface area (Å²) in [7, 11) is 0. The monoisotopic (exact) mass is 223 g/mol. The van der Waals surface area contributed by atoms with Crippen molar-refractivity contribution in [3.63, 3.8) is 0 Å². The van der Waals surface area contributed by atoms with Gasteiger partial charge in [-0.15, -0.1) is 11.3 Å². The SMILES string of the molecule is CCOC(=O)c1nc2ccsc2nc1N. The Morgan fingerprint density at radius 2 is 2.40 bits per heavy atom. The predicted molar refractivity (Wildman–Crippen MR) is 57.8 cm³/mol. The molecule has 2 heterocycles. The van der Waals surface area contributed by atoms with Crippen molar-refractivity contribution in [1.29, 1.82) is 0 Å². The normalized spacial score (nSPS) is 10.5. The van der Waals surface area contributed by atoms with E-state index in [2.05, 4.69) is 9.97 Å². The number of carbonyl (C=O) groups is 1. The standard InChI is InChI=1S/C9H9N3O2S/c1-2-14-9(13)6-7(10)12-8-5(11-6)3-4-15-8/h3-4H,2H2,1H3,(H2,10,12). The Hall–Kier alpha value is -1.69. The van der Waals surface area contributed by atoms with Crippen LogP contribution in [-0.2, 0) is 4.74 Å². The van der Waals surface area contributed by atoms with Gasteiger partial charge in [-0.3, -0.25) is 0 Å². The van der Waals surface area contributed by atoms with Gasteiger partial charge in [-0.1, -0.05) is 0 Å². The second kappa shape index (κ2) is 3.82. The van der Waals surface area contributed by atoms with Crippen LogP contribution in [0.25, 0.3) is 10.3 Å². The molecule has 0 spiro atoms. The lowest BCUT2D eigenvalue weighted by Crippen LogP contribution is -2.11. The Balaban J connectivity index is 2.50. The van der Waals surface area contributed by atoms with Gasteiger partial charge >= 0.3 is 5.97 Å². The largest absolute Gasteiger partial charge is 0.461 e. The van der Waals surface area contributed by atoms with Crippen molar-refractivity contribution >= 4 is 33.5 Å². The number of nitrogens with two attached hydrogens (primary N) is 1. The molecule has 0 amide bonds. The molecule has 0 saturated heterocycles. The summed E-state index contributed by atoms with van der Waals surface area (Å²) in [6.07, 6.45) is 0. The summed E-state index contributed by atoms with van der Waals surface area (Å²) < 4.78 is 4.82. The molecule has 0 aliphatic rings. The quantitative estimate of drug-likeness (QED) is 0.779. The Bertz CT molecular complexity index is 509. The molecule has 0 bridgehead atoms. The molecule has 0 fully saturated rings. The fourth-order valence-corrected chi connectivity index (χ4v) is 1.86. The van der Waals surface area contributed by atoms with E-state index in [1.807, 2.05) is 5.38 Å². The van der Waals surface area contributed by atoms with E-state index in [0.717, 1.165) is 4.83 Å². The van der Waals surface area contributed by atoms with Crippen LogP contribution in [0.15, 0.2) is 11.4 Å². The summed E-state index contributed by atoms with van der Waals surface area (Å²) in [6.45, 7) is 2.02. The van der Waals surface area contributed by atoms with Crippen molar-refractivity contribution < 1.29 is 9.53 Å². The zero-order chi connectivity index (χ0) is 10.8. The molecule has 0 saturated carbocycles. The smallest absolute Gasteiger partial charge is 0.360 e. The Kier molecular flexibility index (Phi) is 2.51. The second-order valence-electron chi connectivity index (χ2n) is 2.79. The first-order valence-electron chi connectivity index (χ1n) is 4.40. The van der Waals surface area contributed by atoms with Crippen LogP contribution in [0.2, 0.25) is 0 Å². The highest BCUT2D eigenvalue weighted by Gasteiger charge is 2.15. The van der Waals surface area contributed by atoms with Crippen molar-refractivity contribution in [3.05, 3.63) is 17.1 Å². The third-order valence-corrected chi connectivity index (χ3v) is 2.59. The molecule has 6 heteroatoms. The Labute approximate surface area is 89.9 Å². The molecule has 2 rings (SSSR count). The van der Waals surface area contributed by atoms with E-state index in [1.165, 1.54) is 11.3 Å². The zero-order valence-electron chi connectivity index (χ0n) is 8.06. The van der Waals surface area contributed by atoms with Crippen LogP contribution >= 0.6 is 11.3 Å². The molecule has 0 aliphatic carbocycles. The lowest BCUT2D eigenvalue weighted by Gasteiger charge is -2.03. The molecule has 0 radical (unpaired) electrons. The number of nitrogen functional groups attached to an aromatic ring is 1. The third kappa shape index (κ3) is 1.75. The maximum Gasteiger partial charge on any atom is 0.360 e. The van der Waals surface area contributed by atoms with Gasteiger partial charge in [0.2, 0.25) is 0 Å². The van der Waals surface area contributed by atoms with Crippen molar-refractivity contribution in [3.8, 4) is 0 Å². The van der Waals surface area contributed by atoms with Gasteiger partial charge < -0.3 is 10.5 Å². The molecule has 0 aliphatic heterocycles. The highest BCUT2D eigenvalue weighted by atomic mass is 32.1. The van der Waals surface area contributed by atoms with E-state index in [-0.39, 0.29) is 11.5 Å². The van der Waals surface area contributed by atoms with Crippen molar-refractivity contribution in [2.24, 2.45) is 0 Å². The van der Waals surface area contributed by atoms with Gasteiger partial charge in [0.05, 0.1) is 6.61 Å². The van der Waals surface area contributed by atoms with E-state index >= 15 is 0 Å². The minimum Gasteiger partial charge on any atom is -0.461 e. The molecule has 0 aromatic carbocycles. The first kappa shape index (κ1) is 9.85. The van der Waals surface area contributed by atoms with E-state index in [4.69, 9.17) is 10.5 Å². The number of aromatic nitrogens is 2. The van der Waals surface area contributed by atoms with Crippen molar-refractivity contribution in [2.45, 2.75) is 6.92 Å². The summed E-state index contributed by atoms with van der Waals surface area (Å²) in [5, 5.41) is 1.85. The predicted octanol–water partition coefficient (Wildman–Crippen LogP) is 1.45. The maximum atomic E-state index is 11.4. The van der Waals surface area contributed by atoms with Gasteiger partial charge in [0, 0.05) is 0 Å². The third-order valence-electron chi connectivity index (χ3n) is 1.79. The second-order valence-corrected chi connectivity index (χ2v) is 3.68. The molecule has 15 heavy (non-hydrogen) atoms. The van der Waals surface area contributed by atoms with Crippen molar-refractivity contribution in [2.75, 3.05) is 12.3 Å².